The van der Waals surface area contributed by atoms with E-state index >= 15 is 0 Å². The van der Waals surface area contributed by atoms with Crippen molar-refractivity contribution in [3.05, 3.63) is 42.1 Å². The molecule has 1 heterocycles. The van der Waals surface area contributed by atoms with Crippen LogP contribution in [0.4, 0.5) is 0 Å². The van der Waals surface area contributed by atoms with Crippen molar-refractivity contribution in [2.45, 2.75) is 149 Å². The molecule has 1 aliphatic heterocycles. The molecule has 1 aromatic carbocycles. The molecule has 36 heavy (non-hydrogen) atoms. The highest BCUT2D eigenvalue weighted by molar-refractivity contribution is 6.18. The third kappa shape index (κ3) is 14.2. The minimum atomic E-state index is 0.499. The lowest BCUT2D eigenvalue weighted by atomic mass is 9.78. The highest BCUT2D eigenvalue weighted by atomic mass is 15.0. The van der Waals surface area contributed by atoms with Crippen molar-refractivity contribution in [2.24, 2.45) is 21.8 Å². The van der Waals surface area contributed by atoms with Crippen molar-refractivity contribution in [3.8, 4) is 0 Å². The summed E-state index contributed by atoms with van der Waals surface area (Å²) >= 11 is 0. The molecule has 2 atom stereocenters. The monoisotopic (exact) mass is 493 g/mol. The lowest BCUT2D eigenvalue weighted by Crippen LogP contribution is -2.22. The van der Waals surface area contributed by atoms with Crippen LogP contribution < -0.4 is 0 Å². The number of nitrogens with zero attached hydrogens (tertiary/aromatic N) is 2. The minimum absolute atomic E-state index is 0.499. The maximum Gasteiger partial charge on any atom is 0.244 e. The number of unbranched alkanes of at least 4 members (excludes halogenated alkanes) is 16. The summed E-state index contributed by atoms with van der Waals surface area (Å²) in [4.78, 5) is 9.42. The topological polar surface area (TPSA) is 24.7 Å². The molecule has 0 fully saturated rings. The van der Waals surface area contributed by atoms with Crippen molar-refractivity contribution >= 4 is 12.4 Å². The summed E-state index contributed by atoms with van der Waals surface area (Å²) in [5.41, 5.74) is 1.47. The number of benzene rings is 1. The molecule has 0 spiro atoms. The van der Waals surface area contributed by atoms with Gasteiger partial charge in [0, 0.05) is 0 Å². The summed E-state index contributed by atoms with van der Waals surface area (Å²) in [7, 11) is 0. The average molecular weight is 494 g/mol. The van der Waals surface area contributed by atoms with Crippen molar-refractivity contribution < 1.29 is 0 Å². The lowest BCUT2D eigenvalue weighted by molar-refractivity contribution is 0.284. The molecule has 1 aliphatic rings. The second kappa shape index (κ2) is 21.5. The Bertz CT molecular complexity index is 653. The molecular weight excluding hydrogens is 436 g/mol. The predicted octanol–water partition coefficient (Wildman–Crippen LogP) is 10.9. The van der Waals surface area contributed by atoms with Gasteiger partial charge in [-0.25, -0.2) is 0 Å². The Hall–Kier alpha value is -1.57. The van der Waals surface area contributed by atoms with Gasteiger partial charge in [0.15, 0.2) is 12.4 Å². The van der Waals surface area contributed by atoms with Crippen molar-refractivity contribution in [2.75, 3.05) is 0 Å². The minimum Gasteiger partial charge on any atom is -0.0965 e. The van der Waals surface area contributed by atoms with Gasteiger partial charge in [-0.05, 0) is 30.7 Å². The third-order valence-corrected chi connectivity index (χ3v) is 8.02. The van der Waals surface area contributed by atoms with Crippen LogP contribution in [0, 0.1) is 18.0 Å². The van der Waals surface area contributed by atoms with Crippen molar-refractivity contribution in [1.29, 1.82) is 0 Å². The molecule has 0 radical (unpaired) electrons. The number of rotatable bonds is 24. The van der Waals surface area contributed by atoms with Gasteiger partial charge >= 0.3 is 0 Å². The van der Waals surface area contributed by atoms with Gasteiger partial charge in [0.05, 0.1) is 5.92 Å². The molecule has 0 aliphatic carbocycles. The van der Waals surface area contributed by atoms with E-state index in [0.717, 1.165) is 12.6 Å². The van der Waals surface area contributed by atoms with Crippen LogP contribution in [0.15, 0.2) is 40.3 Å². The van der Waals surface area contributed by atoms with Crippen molar-refractivity contribution in [1.82, 2.24) is 0 Å². The van der Waals surface area contributed by atoms with Gasteiger partial charge in [0.25, 0.3) is 0 Å². The quantitative estimate of drug-likeness (QED) is 0.101. The van der Waals surface area contributed by atoms with Gasteiger partial charge in [-0.3, -0.25) is 0 Å². The largest absolute Gasteiger partial charge is 0.244 e. The van der Waals surface area contributed by atoms with Crippen LogP contribution >= 0.6 is 0 Å². The van der Waals surface area contributed by atoms with E-state index in [1.165, 1.54) is 134 Å². The Morgan fingerprint density at radius 2 is 1.00 bits per heavy atom. The SMILES string of the molecule is CCCCCCCCCCCCCC(Cc1ccccc1)C(CCCCCCCCC)[C+]1N=CC=N1. The molecule has 2 nitrogen and oxygen atoms in total. The van der Waals surface area contributed by atoms with E-state index in [0.29, 0.717) is 11.8 Å². The Labute approximate surface area is 224 Å². The lowest BCUT2D eigenvalue weighted by Gasteiger charge is -2.26. The van der Waals surface area contributed by atoms with Crippen molar-refractivity contribution in [3.63, 3.8) is 0 Å². The summed E-state index contributed by atoms with van der Waals surface area (Å²) < 4.78 is 0. The third-order valence-electron chi connectivity index (χ3n) is 8.02. The second-order valence-electron chi connectivity index (χ2n) is 11.2. The number of hydrogen-bond donors (Lipinski definition) is 0. The molecule has 2 heteroatoms. The van der Waals surface area contributed by atoms with Crippen LogP contribution in [-0.4, -0.2) is 12.4 Å². The fourth-order valence-corrected chi connectivity index (χ4v) is 5.77. The molecular formula is C34H57N2+. The van der Waals surface area contributed by atoms with Gasteiger partial charge in [-0.15, -0.1) is 0 Å². The summed E-state index contributed by atoms with van der Waals surface area (Å²) in [5.74, 6) is 1.15. The number of hydrogen-bond acceptors (Lipinski definition) is 2. The Balaban J connectivity index is 1.79. The maximum absolute atomic E-state index is 4.71. The van der Waals surface area contributed by atoms with E-state index in [9.17, 15) is 0 Å². The van der Waals surface area contributed by atoms with Crippen LogP contribution in [0.1, 0.15) is 148 Å². The van der Waals surface area contributed by atoms with Gasteiger partial charge in [0.1, 0.15) is 0 Å². The molecule has 202 valence electrons. The molecule has 0 bridgehead atoms. The van der Waals surface area contributed by atoms with Crippen LogP contribution in [0.3, 0.4) is 0 Å². The summed E-state index contributed by atoms with van der Waals surface area (Å²) in [6.45, 7) is 4.60. The first-order valence-corrected chi connectivity index (χ1v) is 15.8. The van der Waals surface area contributed by atoms with E-state index in [2.05, 4.69) is 44.2 Å². The molecule has 0 N–H and O–H groups in total. The predicted molar refractivity (Wildman–Crippen MR) is 161 cm³/mol. The van der Waals surface area contributed by atoms with Crippen LogP contribution in [0.25, 0.3) is 0 Å². The Morgan fingerprint density at radius 3 is 1.50 bits per heavy atom. The molecule has 1 aromatic rings. The van der Waals surface area contributed by atoms with E-state index in [4.69, 9.17) is 9.98 Å². The molecule has 0 saturated heterocycles. The fraction of sp³-hybridized carbons (Fsp3) is 0.735. The maximum atomic E-state index is 4.71. The molecule has 2 unspecified atom stereocenters. The highest BCUT2D eigenvalue weighted by Gasteiger charge is 2.35. The summed E-state index contributed by atoms with van der Waals surface area (Å²) in [5, 5.41) is 0. The smallest absolute Gasteiger partial charge is 0.0965 e. The first-order valence-electron chi connectivity index (χ1n) is 15.8. The first-order chi connectivity index (χ1) is 17.8. The van der Waals surface area contributed by atoms with Crippen LogP contribution in [0.2, 0.25) is 0 Å². The Morgan fingerprint density at radius 1 is 0.556 bits per heavy atom. The standard InChI is InChI=1S/C34H57N2/c1-3-5-7-9-11-12-13-14-16-17-22-26-32(30-31-24-20-19-21-25-31)33(34-35-28-29-36-34)27-23-18-15-10-8-6-4-2/h19-21,24-25,28-29,32-33H,3-18,22-23,26-27,30H2,1-2H3/q+1. The van der Waals surface area contributed by atoms with E-state index < -0.39 is 0 Å². The molecule has 0 saturated carbocycles. The number of aliphatic imine (C=N–C) groups is 2. The van der Waals surface area contributed by atoms with E-state index in [-0.39, 0.29) is 0 Å². The van der Waals surface area contributed by atoms with Gasteiger partial charge < -0.3 is 0 Å². The highest BCUT2D eigenvalue weighted by Crippen LogP contribution is 2.37. The molecule has 2 rings (SSSR count). The van der Waals surface area contributed by atoms with Gasteiger partial charge in [-0.1, -0.05) is 170 Å². The zero-order valence-corrected chi connectivity index (χ0v) is 23.9. The Kier molecular flexibility index (Phi) is 18.3. The van der Waals surface area contributed by atoms with Crippen LogP contribution in [0.5, 0.6) is 0 Å². The van der Waals surface area contributed by atoms with Gasteiger partial charge in [-0.2, -0.15) is 0 Å². The summed E-state index contributed by atoms with van der Waals surface area (Å²) in [6.07, 6.45) is 33.7. The van der Waals surface area contributed by atoms with E-state index in [1.807, 2.05) is 12.4 Å². The summed E-state index contributed by atoms with van der Waals surface area (Å²) in [6, 6.07) is 11.1. The zero-order valence-electron chi connectivity index (χ0n) is 23.9. The first kappa shape index (κ1) is 30.7. The second-order valence-corrected chi connectivity index (χ2v) is 11.2. The normalized spacial score (nSPS) is 14.6. The van der Waals surface area contributed by atoms with Crippen LogP contribution in [-0.2, 0) is 6.42 Å². The molecule has 0 aromatic heterocycles. The van der Waals surface area contributed by atoms with Gasteiger partial charge in [0.2, 0.25) is 6.17 Å². The fourth-order valence-electron chi connectivity index (χ4n) is 5.77. The zero-order chi connectivity index (χ0) is 25.5. The molecule has 0 amide bonds. The average Bonchev–Trinajstić information content (AvgIpc) is 3.44. The van der Waals surface area contributed by atoms with E-state index in [1.54, 1.807) is 0 Å².